The van der Waals surface area contributed by atoms with Crippen molar-refractivity contribution in [2.24, 2.45) is 0 Å². The molecule has 0 saturated carbocycles. The van der Waals surface area contributed by atoms with Gasteiger partial charge in [0.25, 0.3) is 16.3 Å². The molecule has 48 heavy (non-hydrogen) atoms. The van der Waals surface area contributed by atoms with Crippen LogP contribution in [0.15, 0.2) is 160 Å². The first kappa shape index (κ1) is 31.0. The van der Waals surface area contributed by atoms with Gasteiger partial charge in [0, 0.05) is 28.0 Å². The van der Waals surface area contributed by atoms with Crippen molar-refractivity contribution >= 4 is 29.9 Å². The number of aliphatic carboxylic acids is 1. The Hall–Kier alpha value is -5.64. The summed E-state index contributed by atoms with van der Waals surface area (Å²) < 4.78 is 19.9. The Kier molecular flexibility index (Phi) is 9.04. The lowest BCUT2D eigenvalue weighted by Gasteiger charge is -2.19. The first-order valence-corrected chi connectivity index (χ1v) is 16.5. The van der Waals surface area contributed by atoms with E-state index in [9.17, 15) is 9.90 Å². The highest BCUT2D eigenvalue weighted by Gasteiger charge is 2.30. The summed E-state index contributed by atoms with van der Waals surface area (Å²) in [5.41, 5.74) is 5.59. The molecule has 0 amide bonds. The summed E-state index contributed by atoms with van der Waals surface area (Å²) in [5, 5.41) is 11.0. The molecule has 0 saturated heterocycles. The van der Waals surface area contributed by atoms with E-state index in [1.807, 2.05) is 140 Å². The van der Waals surface area contributed by atoms with Gasteiger partial charge in [-0.15, -0.1) is 0 Å². The van der Waals surface area contributed by atoms with Crippen LogP contribution in [0.1, 0.15) is 11.8 Å². The Bertz CT molecular complexity index is 2160. The van der Waals surface area contributed by atoms with Gasteiger partial charge in [-0.3, -0.25) is 4.57 Å². The Morgan fingerprint density at radius 1 is 0.729 bits per heavy atom. The molecule has 0 fully saturated rings. The van der Waals surface area contributed by atoms with Crippen LogP contribution in [0.4, 0.5) is 0 Å². The second-order valence-electron chi connectivity index (χ2n) is 10.8. The van der Waals surface area contributed by atoms with Gasteiger partial charge in [0.1, 0.15) is 11.4 Å². The van der Waals surface area contributed by atoms with E-state index in [1.54, 1.807) is 6.07 Å². The lowest BCUT2D eigenvalue weighted by atomic mass is 10.1. The second-order valence-corrected chi connectivity index (χ2v) is 12.1. The molecule has 1 N–H and O–H groups in total. The summed E-state index contributed by atoms with van der Waals surface area (Å²) in [4.78, 5) is 17.6. The van der Waals surface area contributed by atoms with Crippen molar-refractivity contribution in [3.8, 4) is 50.9 Å². The summed E-state index contributed by atoms with van der Waals surface area (Å²) in [7, 11) is 0. The van der Waals surface area contributed by atoms with Crippen LogP contribution < -0.4 is 4.74 Å². The molecule has 2 aromatic heterocycles. The summed E-state index contributed by atoms with van der Waals surface area (Å²) in [6.45, 7) is 0. The lowest BCUT2D eigenvalue weighted by molar-refractivity contribution is -0.149. The Morgan fingerprint density at radius 2 is 1.29 bits per heavy atom. The number of ether oxygens (including phenoxy) is 1. The zero-order valence-corrected chi connectivity index (χ0v) is 27.1. The Labute approximate surface area is 286 Å². The van der Waals surface area contributed by atoms with Crippen LogP contribution in [0.25, 0.3) is 45.2 Å². The summed E-state index contributed by atoms with van der Waals surface area (Å²) in [6, 6.07) is 46.0. The van der Waals surface area contributed by atoms with Crippen LogP contribution in [0.5, 0.6) is 5.75 Å². The minimum Gasteiger partial charge on any atom is -0.477 e. The quantitative estimate of drug-likeness (QED) is 0.108. The van der Waals surface area contributed by atoms with Crippen molar-refractivity contribution in [3.05, 3.63) is 156 Å². The van der Waals surface area contributed by atoms with E-state index in [4.69, 9.17) is 30.8 Å². The van der Waals surface area contributed by atoms with E-state index in [1.165, 1.54) is 16.3 Å². The average molecular weight is 669 g/mol. The molecular formula is C39H28N2O5S2. The maximum atomic E-state index is 12.8. The molecule has 1 unspecified atom stereocenters. The van der Waals surface area contributed by atoms with E-state index in [2.05, 4.69) is 0 Å². The van der Waals surface area contributed by atoms with Crippen molar-refractivity contribution in [1.82, 2.24) is 9.55 Å². The Balaban J connectivity index is 1.18. The number of aromatic nitrogens is 2. The van der Waals surface area contributed by atoms with Crippen LogP contribution in [0, 0.1) is 4.84 Å². The minimum absolute atomic E-state index is 0.0147. The zero-order chi connectivity index (χ0) is 32.9. The van der Waals surface area contributed by atoms with Crippen molar-refractivity contribution in [3.63, 3.8) is 0 Å². The SMILES string of the molecule is O=C(O)C(Oc1cccc(CSc2nc(-c3ccccc3)c(-c3ccccc3)o2)c1)n1c(-c2ccccc2)c(-c2ccccc2)oc1=S. The van der Waals surface area contributed by atoms with Gasteiger partial charge >= 0.3 is 5.97 Å². The molecule has 7 nitrogen and oxygen atoms in total. The third kappa shape index (κ3) is 6.60. The summed E-state index contributed by atoms with van der Waals surface area (Å²) in [6.07, 6.45) is -1.49. The molecule has 0 radical (unpaired) electrons. The number of oxazole rings is 2. The predicted octanol–water partition coefficient (Wildman–Crippen LogP) is 10.4. The summed E-state index contributed by atoms with van der Waals surface area (Å²) >= 11 is 7.05. The van der Waals surface area contributed by atoms with Crippen LogP contribution in [-0.4, -0.2) is 20.6 Å². The van der Waals surface area contributed by atoms with E-state index in [0.29, 0.717) is 33.9 Å². The highest BCUT2D eigenvalue weighted by atomic mass is 32.2. The first-order chi connectivity index (χ1) is 23.5. The number of nitrogens with zero attached hydrogens (tertiary/aromatic N) is 2. The summed E-state index contributed by atoms with van der Waals surface area (Å²) in [5.74, 6) is 0.821. The van der Waals surface area contributed by atoms with E-state index >= 15 is 0 Å². The van der Waals surface area contributed by atoms with Crippen LogP contribution in [0.3, 0.4) is 0 Å². The smallest absolute Gasteiger partial charge is 0.367 e. The fourth-order valence-corrected chi connectivity index (χ4v) is 6.42. The highest BCUT2D eigenvalue weighted by Crippen LogP contribution is 2.38. The van der Waals surface area contributed by atoms with E-state index < -0.39 is 12.2 Å². The normalized spacial score (nSPS) is 11.7. The number of carbonyl (C=O) groups is 1. The lowest BCUT2D eigenvalue weighted by Crippen LogP contribution is -2.25. The van der Waals surface area contributed by atoms with Gasteiger partial charge < -0.3 is 18.7 Å². The molecule has 1 atom stereocenters. The van der Waals surface area contributed by atoms with Gasteiger partial charge in [0.15, 0.2) is 11.5 Å². The van der Waals surface area contributed by atoms with E-state index in [0.717, 1.165) is 33.5 Å². The van der Waals surface area contributed by atoms with Crippen molar-refractivity contribution < 1.29 is 23.5 Å². The fourth-order valence-electron chi connectivity index (χ4n) is 5.39. The van der Waals surface area contributed by atoms with Gasteiger partial charge in [-0.25, -0.2) is 9.78 Å². The van der Waals surface area contributed by atoms with Gasteiger partial charge in [-0.2, -0.15) is 0 Å². The van der Waals surface area contributed by atoms with Crippen molar-refractivity contribution in [2.45, 2.75) is 17.2 Å². The number of carboxylic acids is 1. The maximum Gasteiger partial charge on any atom is 0.367 e. The second kappa shape index (κ2) is 14.0. The topological polar surface area (TPSA) is 90.6 Å². The van der Waals surface area contributed by atoms with Gasteiger partial charge in [0.05, 0.1) is 5.69 Å². The molecule has 7 aromatic rings. The Morgan fingerprint density at radius 3 is 1.90 bits per heavy atom. The first-order valence-electron chi connectivity index (χ1n) is 15.1. The van der Waals surface area contributed by atoms with Gasteiger partial charge in [-0.1, -0.05) is 145 Å². The molecule has 0 aliphatic rings. The zero-order valence-electron chi connectivity index (χ0n) is 25.4. The molecule has 9 heteroatoms. The molecule has 5 aromatic carbocycles. The number of rotatable bonds is 11. The predicted molar refractivity (Wildman–Crippen MR) is 189 cm³/mol. The van der Waals surface area contributed by atoms with Crippen molar-refractivity contribution in [1.29, 1.82) is 0 Å². The molecule has 0 aliphatic heterocycles. The highest BCUT2D eigenvalue weighted by molar-refractivity contribution is 7.98. The number of hydrogen-bond donors (Lipinski definition) is 1. The van der Waals surface area contributed by atoms with E-state index in [-0.39, 0.29) is 4.84 Å². The van der Waals surface area contributed by atoms with Gasteiger partial charge in [0.2, 0.25) is 0 Å². The number of carboxylic acid groups (broad SMARTS) is 1. The molecule has 0 bridgehead atoms. The molecule has 7 rings (SSSR count). The fraction of sp³-hybridized carbons (Fsp3) is 0.0513. The number of thioether (sulfide) groups is 1. The number of hydrogen-bond acceptors (Lipinski definition) is 7. The largest absolute Gasteiger partial charge is 0.477 e. The molecule has 0 aliphatic carbocycles. The molecular weight excluding hydrogens is 641 g/mol. The monoisotopic (exact) mass is 668 g/mol. The van der Waals surface area contributed by atoms with Crippen molar-refractivity contribution in [2.75, 3.05) is 0 Å². The van der Waals surface area contributed by atoms with Gasteiger partial charge in [-0.05, 0) is 29.9 Å². The number of benzene rings is 5. The maximum absolute atomic E-state index is 12.8. The van der Waals surface area contributed by atoms with Crippen LogP contribution >= 0.6 is 24.0 Å². The van der Waals surface area contributed by atoms with Crippen LogP contribution in [-0.2, 0) is 10.5 Å². The molecule has 0 spiro atoms. The third-order valence-corrected chi connectivity index (χ3v) is 8.75. The standard InChI is InChI=1S/C39H28N2O5S2/c42-37(43)36(41-33(28-17-7-2-8-18-28)35(46-39(41)47)30-21-11-4-12-22-30)44-31-23-13-14-26(24-31)25-48-38-40-32(27-15-5-1-6-16-27)34(45-38)29-19-9-3-10-20-29/h1-24,36H,25H2,(H,42,43). The molecule has 2 heterocycles. The molecule has 236 valence electrons. The average Bonchev–Trinajstić information content (AvgIpc) is 3.72. The minimum atomic E-state index is -1.49. The van der Waals surface area contributed by atoms with Crippen LogP contribution in [0.2, 0.25) is 0 Å². The third-order valence-electron chi connectivity index (χ3n) is 7.57.